The second-order valence-electron chi connectivity index (χ2n) is 8.06. The van der Waals surface area contributed by atoms with Crippen LogP contribution >= 0.6 is 11.6 Å². The highest BCUT2D eigenvalue weighted by atomic mass is 35.5. The Balaban J connectivity index is 1.71. The summed E-state index contributed by atoms with van der Waals surface area (Å²) in [6, 6.07) is 7.21. The van der Waals surface area contributed by atoms with Crippen molar-refractivity contribution in [2.24, 2.45) is 0 Å². The van der Waals surface area contributed by atoms with Crippen LogP contribution in [0.3, 0.4) is 0 Å². The van der Waals surface area contributed by atoms with Crippen molar-refractivity contribution in [3.63, 3.8) is 0 Å². The molecule has 1 fully saturated rings. The molecule has 1 aliphatic rings. The standard InChI is InChI=1S/C22H27ClN6O5S/c1-14(19(33-3)20-24-11-15(23)12-25-20)35(30,31)28-22-27-26-21(17-8-4-5-9-18(17)32-2)29(22)16-7-6-10-34-13-16/h4-5,8-9,11-12,14,16,19H,6-7,10,13H2,1-3H3,(H,27,28)/t14-,16+,19-/m0/s1. The van der Waals surface area contributed by atoms with E-state index in [1.54, 1.807) is 11.7 Å². The van der Waals surface area contributed by atoms with E-state index in [-0.39, 0.29) is 17.8 Å². The summed E-state index contributed by atoms with van der Waals surface area (Å²) in [5.41, 5.74) is 0.691. The number of ether oxygens (including phenoxy) is 3. The van der Waals surface area contributed by atoms with Crippen molar-refractivity contribution in [2.45, 2.75) is 37.2 Å². The molecule has 1 N–H and O–H groups in total. The van der Waals surface area contributed by atoms with E-state index in [4.69, 9.17) is 25.8 Å². The lowest BCUT2D eigenvalue weighted by Crippen LogP contribution is -2.34. The van der Waals surface area contributed by atoms with Gasteiger partial charge in [0.15, 0.2) is 11.6 Å². The Morgan fingerprint density at radius 2 is 1.94 bits per heavy atom. The molecule has 1 aliphatic heterocycles. The van der Waals surface area contributed by atoms with Crippen LogP contribution in [-0.2, 0) is 19.5 Å². The van der Waals surface area contributed by atoms with Gasteiger partial charge in [-0.25, -0.2) is 18.4 Å². The maximum absolute atomic E-state index is 13.4. The molecule has 3 atom stereocenters. The van der Waals surface area contributed by atoms with Crippen molar-refractivity contribution >= 4 is 27.6 Å². The minimum atomic E-state index is -4.01. The summed E-state index contributed by atoms with van der Waals surface area (Å²) in [4.78, 5) is 8.24. The predicted octanol–water partition coefficient (Wildman–Crippen LogP) is 3.27. The molecular formula is C22H27ClN6O5S. The van der Waals surface area contributed by atoms with Crippen molar-refractivity contribution in [1.82, 2.24) is 24.7 Å². The maximum atomic E-state index is 13.4. The molecule has 0 amide bonds. The van der Waals surface area contributed by atoms with Gasteiger partial charge in [0.25, 0.3) is 0 Å². The van der Waals surface area contributed by atoms with Gasteiger partial charge in [-0.1, -0.05) is 23.7 Å². The Kier molecular flexibility index (Phi) is 7.85. The lowest BCUT2D eigenvalue weighted by molar-refractivity contribution is 0.0602. The molecular weight excluding hydrogens is 496 g/mol. The molecule has 0 spiro atoms. The summed E-state index contributed by atoms with van der Waals surface area (Å²) in [6.07, 6.45) is 3.46. The van der Waals surface area contributed by atoms with E-state index >= 15 is 0 Å². The number of hydrogen-bond acceptors (Lipinski definition) is 9. The summed E-state index contributed by atoms with van der Waals surface area (Å²) >= 11 is 5.87. The minimum absolute atomic E-state index is 0.0835. The summed E-state index contributed by atoms with van der Waals surface area (Å²) in [6.45, 7) is 2.57. The van der Waals surface area contributed by atoms with Gasteiger partial charge in [0.1, 0.15) is 17.1 Å². The van der Waals surface area contributed by atoms with Gasteiger partial charge in [0.05, 0.1) is 30.3 Å². The molecule has 0 radical (unpaired) electrons. The van der Waals surface area contributed by atoms with E-state index < -0.39 is 21.4 Å². The second kappa shape index (κ2) is 10.9. The number of para-hydroxylation sites is 1. The number of anilines is 1. The summed E-state index contributed by atoms with van der Waals surface area (Å²) in [5, 5.41) is 7.81. The largest absolute Gasteiger partial charge is 0.496 e. The molecule has 0 unspecified atom stereocenters. The number of rotatable bonds is 9. The first-order valence-electron chi connectivity index (χ1n) is 11.0. The second-order valence-corrected chi connectivity index (χ2v) is 10.5. The van der Waals surface area contributed by atoms with Gasteiger partial charge < -0.3 is 14.2 Å². The maximum Gasteiger partial charge on any atom is 0.240 e. The lowest BCUT2D eigenvalue weighted by Gasteiger charge is -2.27. The summed E-state index contributed by atoms with van der Waals surface area (Å²) < 4.78 is 47.9. The molecule has 188 valence electrons. The molecule has 0 bridgehead atoms. The quantitative estimate of drug-likeness (QED) is 0.449. The molecule has 13 heteroatoms. The molecule has 2 aromatic heterocycles. The van der Waals surface area contributed by atoms with Gasteiger partial charge in [0.2, 0.25) is 16.0 Å². The molecule has 11 nitrogen and oxygen atoms in total. The zero-order chi connectivity index (χ0) is 25.0. The third kappa shape index (κ3) is 5.40. The van der Waals surface area contributed by atoms with Crippen LogP contribution in [0, 0.1) is 0 Å². The molecule has 3 heterocycles. The minimum Gasteiger partial charge on any atom is -0.496 e. The molecule has 1 saturated heterocycles. The van der Waals surface area contributed by atoms with Crippen molar-refractivity contribution in [3.05, 3.63) is 47.5 Å². The highest BCUT2D eigenvalue weighted by Gasteiger charge is 2.35. The average molecular weight is 523 g/mol. The van der Waals surface area contributed by atoms with Gasteiger partial charge in [-0.15, -0.1) is 10.2 Å². The predicted molar refractivity (Wildman–Crippen MR) is 130 cm³/mol. The first kappa shape index (κ1) is 25.3. The van der Waals surface area contributed by atoms with Crippen LogP contribution in [0.4, 0.5) is 5.95 Å². The Morgan fingerprint density at radius 3 is 2.60 bits per heavy atom. The Labute approximate surface area is 208 Å². The molecule has 0 saturated carbocycles. The molecule has 0 aliphatic carbocycles. The first-order valence-corrected chi connectivity index (χ1v) is 13.0. The number of sulfonamides is 1. The lowest BCUT2D eigenvalue weighted by atomic mass is 10.1. The Bertz CT molecular complexity index is 1250. The van der Waals surface area contributed by atoms with Crippen LogP contribution in [-0.4, -0.2) is 65.8 Å². The Morgan fingerprint density at radius 1 is 1.20 bits per heavy atom. The molecule has 3 aromatic rings. The zero-order valence-corrected chi connectivity index (χ0v) is 21.2. The number of hydrogen-bond donors (Lipinski definition) is 1. The van der Waals surface area contributed by atoms with Crippen LogP contribution in [0.5, 0.6) is 5.75 Å². The van der Waals surface area contributed by atoms with E-state index in [0.717, 1.165) is 12.8 Å². The fourth-order valence-corrected chi connectivity index (χ4v) is 5.24. The number of benzene rings is 1. The van der Waals surface area contributed by atoms with Crippen LogP contribution in [0.25, 0.3) is 11.4 Å². The normalized spacial score (nSPS) is 18.1. The van der Waals surface area contributed by atoms with Crippen LogP contribution in [0.1, 0.15) is 37.7 Å². The van der Waals surface area contributed by atoms with Gasteiger partial charge in [-0.05, 0) is 31.9 Å². The smallest absolute Gasteiger partial charge is 0.240 e. The SMILES string of the molecule is COc1ccccc1-c1nnc(NS(=O)(=O)[C@@H](C)[C@H](OC)c2ncc(Cl)cn2)n1[C@@H]1CCCOC1. The van der Waals surface area contributed by atoms with Crippen molar-refractivity contribution in [1.29, 1.82) is 0 Å². The average Bonchev–Trinajstić information content (AvgIpc) is 3.28. The molecule has 4 rings (SSSR count). The zero-order valence-electron chi connectivity index (χ0n) is 19.6. The van der Waals surface area contributed by atoms with E-state index in [1.165, 1.54) is 26.4 Å². The summed E-state index contributed by atoms with van der Waals surface area (Å²) in [5.74, 6) is 1.36. The fourth-order valence-electron chi connectivity index (χ4n) is 4.01. The van der Waals surface area contributed by atoms with Crippen molar-refractivity contribution in [2.75, 3.05) is 32.2 Å². The van der Waals surface area contributed by atoms with Crippen molar-refractivity contribution < 1.29 is 22.6 Å². The van der Waals surface area contributed by atoms with Gasteiger partial charge in [-0.3, -0.25) is 9.29 Å². The van der Waals surface area contributed by atoms with Gasteiger partial charge in [-0.2, -0.15) is 0 Å². The van der Waals surface area contributed by atoms with Crippen molar-refractivity contribution in [3.8, 4) is 17.1 Å². The summed E-state index contributed by atoms with van der Waals surface area (Å²) in [7, 11) is -1.05. The van der Waals surface area contributed by atoms with E-state index in [2.05, 4.69) is 24.9 Å². The third-order valence-corrected chi connectivity index (χ3v) is 7.73. The molecule has 1 aromatic carbocycles. The van der Waals surface area contributed by atoms with Crippen LogP contribution < -0.4 is 9.46 Å². The number of aromatic nitrogens is 5. The van der Waals surface area contributed by atoms with Gasteiger partial charge >= 0.3 is 0 Å². The van der Waals surface area contributed by atoms with E-state index in [0.29, 0.717) is 35.4 Å². The number of nitrogens with one attached hydrogen (secondary N) is 1. The fraction of sp³-hybridized carbons (Fsp3) is 0.455. The van der Waals surface area contributed by atoms with Crippen LogP contribution in [0.2, 0.25) is 5.02 Å². The number of nitrogens with zero attached hydrogens (tertiary/aromatic N) is 5. The van der Waals surface area contributed by atoms with Gasteiger partial charge in [0, 0.05) is 26.1 Å². The first-order chi connectivity index (χ1) is 16.9. The number of halogens is 1. The monoisotopic (exact) mass is 522 g/mol. The highest BCUT2D eigenvalue weighted by Crippen LogP contribution is 2.35. The molecule has 35 heavy (non-hydrogen) atoms. The van der Waals surface area contributed by atoms with E-state index in [1.807, 2.05) is 24.3 Å². The highest BCUT2D eigenvalue weighted by molar-refractivity contribution is 7.93. The topological polar surface area (TPSA) is 130 Å². The third-order valence-electron chi connectivity index (χ3n) is 5.84. The van der Waals surface area contributed by atoms with Crippen LogP contribution in [0.15, 0.2) is 36.7 Å². The number of methoxy groups -OCH3 is 2. The van der Waals surface area contributed by atoms with E-state index in [9.17, 15) is 8.42 Å². The Hall–Kier alpha value is -2.80.